The number of benzene rings is 1. The second-order valence-corrected chi connectivity index (χ2v) is 3.61. The Hall–Kier alpha value is -0.134. The molecule has 1 heterocycles. The third-order valence-corrected chi connectivity index (χ3v) is 2.63. The zero-order chi connectivity index (χ0) is 10.8. The zero-order valence-corrected chi connectivity index (χ0v) is 12.6. The second kappa shape index (κ2) is 5.98. The Morgan fingerprint density at radius 1 is 1.44 bits per heavy atom. The van der Waals surface area contributed by atoms with Crippen molar-refractivity contribution in [1.82, 2.24) is 4.98 Å². The number of carbonyl (C=O) groups is 1. The average molecular weight is 242 g/mol. The molecule has 0 spiro atoms. The van der Waals surface area contributed by atoms with Crippen LogP contribution in [0.25, 0.3) is 10.9 Å². The van der Waals surface area contributed by atoms with Crippen molar-refractivity contribution < 1.29 is 9.90 Å². The van der Waals surface area contributed by atoms with Crippen molar-refractivity contribution in [2.75, 3.05) is 0 Å². The summed E-state index contributed by atoms with van der Waals surface area (Å²) in [6.45, 7) is 1.88. The second-order valence-electron chi connectivity index (χ2n) is 3.61. The smallest absolute Gasteiger partial charge is 0.312 e. The fourth-order valence-electron chi connectivity index (χ4n) is 1.81. The molecule has 1 aromatic heterocycles. The van der Waals surface area contributed by atoms with Crippen LogP contribution in [0, 0.1) is 0 Å². The van der Waals surface area contributed by atoms with E-state index in [1.54, 1.807) is 0 Å². The number of aromatic nitrogens is 1. The van der Waals surface area contributed by atoms with Gasteiger partial charge in [-0.25, -0.2) is 0 Å². The minimum atomic E-state index is -0.774. The third kappa shape index (κ3) is 2.75. The minimum absolute atomic E-state index is 0. The Kier molecular flexibility index (Phi) is 5.20. The van der Waals surface area contributed by atoms with E-state index in [1.807, 2.05) is 37.3 Å². The number of aromatic amines is 1. The predicted octanol–water partition coefficient (Wildman–Crippen LogP) is 2.37. The van der Waals surface area contributed by atoms with Crippen molar-refractivity contribution in [2.45, 2.75) is 19.3 Å². The molecule has 0 saturated heterocycles. The maximum Gasteiger partial charge on any atom is 0.312 e. The van der Waals surface area contributed by atoms with Crippen LogP contribution in [0.5, 0.6) is 0 Å². The van der Waals surface area contributed by atoms with Crippen LogP contribution in [0.1, 0.15) is 25.0 Å². The molecule has 4 heteroatoms. The van der Waals surface area contributed by atoms with Gasteiger partial charge in [-0.3, -0.25) is 4.79 Å². The van der Waals surface area contributed by atoms with Gasteiger partial charge < -0.3 is 10.1 Å². The van der Waals surface area contributed by atoms with E-state index in [0.29, 0.717) is 6.42 Å². The predicted molar refractivity (Wildman–Crippen MR) is 64.7 cm³/mol. The van der Waals surface area contributed by atoms with E-state index in [4.69, 9.17) is 5.11 Å². The number of aliphatic carboxylic acids is 1. The fraction of sp³-hybridized carbons (Fsp3) is 0.250. The van der Waals surface area contributed by atoms with Gasteiger partial charge >= 0.3 is 5.97 Å². The van der Waals surface area contributed by atoms with Crippen LogP contribution in [0.2, 0.25) is 0 Å². The molecule has 0 bridgehead atoms. The molecule has 1 unspecified atom stereocenters. The summed E-state index contributed by atoms with van der Waals surface area (Å²) in [5.41, 5.74) is 1.78. The molecule has 1 radical (unpaired) electrons. The van der Waals surface area contributed by atoms with Crippen LogP contribution in [-0.4, -0.2) is 67.4 Å². The van der Waals surface area contributed by atoms with E-state index in [2.05, 4.69) is 4.98 Å². The first kappa shape index (κ1) is 13.9. The molecule has 0 fully saturated rings. The van der Waals surface area contributed by atoms with Gasteiger partial charge in [0.1, 0.15) is 0 Å². The molecule has 3 nitrogen and oxygen atoms in total. The Bertz CT molecular complexity index is 459. The number of H-pyrrole nitrogens is 1. The number of hydrogen-bond donors (Lipinski definition) is 2. The van der Waals surface area contributed by atoms with Crippen molar-refractivity contribution in [3.05, 3.63) is 36.0 Å². The first-order valence-electron chi connectivity index (χ1n) is 5.03. The number of para-hydroxylation sites is 1. The number of hydrogen-bond acceptors (Lipinski definition) is 1. The maximum atomic E-state index is 11.0. The molecule has 0 aliphatic carbocycles. The summed E-state index contributed by atoms with van der Waals surface area (Å²) >= 11 is 0. The number of carboxylic acid groups (broad SMARTS) is 1. The Balaban J connectivity index is 0.00000128. The Labute approximate surface area is 137 Å². The van der Waals surface area contributed by atoms with Crippen molar-refractivity contribution >= 4 is 68.3 Å². The summed E-state index contributed by atoms with van der Waals surface area (Å²) in [7, 11) is 0. The van der Waals surface area contributed by atoms with Gasteiger partial charge in [-0.1, -0.05) is 25.1 Å². The SMILES string of the molecule is CCC(C(=O)O)c1cc2ccccc2[nH]1.[K]. The first-order valence-corrected chi connectivity index (χ1v) is 5.03. The van der Waals surface area contributed by atoms with Crippen LogP contribution >= 0.6 is 0 Å². The normalized spacial score (nSPS) is 12.1. The molecule has 0 aliphatic rings. The summed E-state index contributed by atoms with van der Waals surface area (Å²) in [4.78, 5) is 14.1. The molecule has 79 valence electrons. The molecule has 0 aliphatic heterocycles. The van der Waals surface area contributed by atoms with Crippen LogP contribution in [0.15, 0.2) is 30.3 Å². The zero-order valence-electron chi connectivity index (χ0n) is 9.53. The number of carboxylic acids is 1. The van der Waals surface area contributed by atoms with Gasteiger partial charge in [0, 0.05) is 62.6 Å². The molecule has 1 aromatic carbocycles. The van der Waals surface area contributed by atoms with E-state index < -0.39 is 11.9 Å². The molecule has 0 saturated carbocycles. The van der Waals surface area contributed by atoms with Crippen molar-refractivity contribution in [2.24, 2.45) is 0 Å². The quantitative estimate of drug-likeness (QED) is 0.812. The molecule has 0 amide bonds. The fourth-order valence-corrected chi connectivity index (χ4v) is 1.81. The molecular formula is C12H13KNO2. The molecule has 2 N–H and O–H groups in total. The number of fused-ring (bicyclic) bond motifs is 1. The summed E-state index contributed by atoms with van der Waals surface area (Å²) in [5.74, 6) is -1.21. The Morgan fingerprint density at radius 2 is 2.12 bits per heavy atom. The van der Waals surface area contributed by atoms with Gasteiger partial charge in [0.2, 0.25) is 0 Å². The minimum Gasteiger partial charge on any atom is -0.481 e. The summed E-state index contributed by atoms with van der Waals surface area (Å²) in [6, 6.07) is 9.72. The Morgan fingerprint density at radius 3 is 2.69 bits per heavy atom. The maximum absolute atomic E-state index is 11.0. The monoisotopic (exact) mass is 242 g/mol. The molecule has 2 rings (SSSR count). The topological polar surface area (TPSA) is 53.1 Å². The van der Waals surface area contributed by atoms with Gasteiger partial charge in [0.15, 0.2) is 0 Å². The number of nitrogens with one attached hydrogen (secondary N) is 1. The average Bonchev–Trinajstić information content (AvgIpc) is 2.61. The van der Waals surface area contributed by atoms with Gasteiger partial charge in [-0.15, -0.1) is 0 Å². The van der Waals surface area contributed by atoms with E-state index in [9.17, 15) is 4.79 Å². The van der Waals surface area contributed by atoms with Gasteiger partial charge in [0.25, 0.3) is 0 Å². The number of rotatable bonds is 3. The first-order chi connectivity index (χ1) is 7.22. The van der Waals surface area contributed by atoms with Gasteiger partial charge in [0.05, 0.1) is 5.92 Å². The van der Waals surface area contributed by atoms with Crippen LogP contribution < -0.4 is 0 Å². The van der Waals surface area contributed by atoms with E-state index in [1.165, 1.54) is 0 Å². The van der Waals surface area contributed by atoms with E-state index in [-0.39, 0.29) is 51.4 Å². The molecule has 16 heavy (non-hydrogen) atoms. The summed E-state index contributed by atoms with van der Waals surface area (Å²) in [6.07, 6.45) is 0.599. The standard InChI is InChI=1S/C12H13NO2.K/c1-2-9(12(14)15)11-7-8-5-3-4-6-10(8)13-11;/h3-7,9,13H,2H2,1H3,(H,14,15);. The van der Waals surface area contributed by atoms with Gasteiger partial charge in [-0.05, 0) is 23.9 Å². The van der Waals surface area contributed by atoms with E-state index in [0.717, 1.165) is 16.6 Å². The van der Waals surface area contributed by atoms with Crippen molar-refractivity contribution in [3.63, 3.8) is 0 Å². The molecular weight excluding hydrogens is 229 g/mol. The molecule has 1 atom stereocenters. The van der Waals surface area contributed by atoms with E-state index >= 15 is 0 Å². The summed E-state index contributed by atoms with van der Waals surface area (Å²) in [5, 5.41) is 10.1. The van der Waals surface area contributed by atoms with Crippen LogP contribution in [-0.2, 0) is 4.79 Å². The largest absolute Gasteiger partial charge is 0.481 e. The summed E-state index contributed by atoms with van der Waals surface area (Å²) < 4.78 is 0. The van der Waals surface area contributed by atoms with Crippen LogP contribution in [0.4, 0.5) is 0 Å². The van der Waals surface area contributed by atoms with Crippen molar-refractivity contribution in [3.8, 4) is 0 Å². The van der Waals surface area contributed by atoms with Crippen LogP contribution in [0.3, 0.4) is 0 Å². The molecule has 2 aromatic rings. The third-order valence-electron chi connectivity index (χ3n) is 2.63. The van der Waals surface area contributed by atoms with Gasteiger partial charge in [-0.2, -0.15) is 0 Å². The van der Waals surface area contributed by atoms with Crippen molar-refractivity contribution in [1.29, 1.82) is 0 Å².